The highest BCUT2D eigenvalue weighted by Crippen LogP contribution is 2.40. The molecule has 0 amide bonds. The van der Waals surface area contributed by atoms with Crippen molar-refractivity contribution in [1.29, 1.82) is 0 Å². The summed E-state index contributed by atoms with van der Waals surface area (Å²) in [6, 6.07) is 8.35. The van der Waals surface area contributed by atoms with Gasteiger partial charge in [-0.2, -0.15) is 0 Å². The number of phenols is 1. The number of hydrogen-bond donors (Lipinski definition) is 2. The molecule has 0 heterocycles. The highest BCUT2D eigenvalue weighted by atomic mass is 16.3. The van der Waals surface area contributed by atoms with Crippen molar-refractivity contribution >= 4 is 0 Å². The van der Waals surface area contributed by atoms with Gasteiger partial charge in [0.2, 0.25) is 0 Å². The molecule has 110 valence electrons. The smallest absolute Gasteiger partial charge is 0.115 e. The van der Waals surface area contributed by atoms with Crippen LogP contribution in [0.2, 0.25) is 0 Å². The SMILES string of the molecule is Oc1ccc(CCNC2CCC3CCCCC3C2)cc1. The molecule has 1 aromatic carbocycles. The van der Waals surface area contributed by atoms with E-state index in [2.05, 4.69) is 5.32 Å². The Labute approximate surface area is 122 Å². The number of benzene rings is 1. The zero-order valence-corrected chi connectivity index (χ0v) is 12.4. The summed E-state index contributed by atoms with van der Waals surface area (Å²) in [6.45, 7) is 1.06. The fourth-order valence-corrected chi connectivity index (χ4v) is 4.14. The number of rotatable bonds is 4. The van der Waals surface area contributed by atoms with Crippen molar-refractivity contribution in [3.63, 3.8) is 0 Å². The third kappa shape index (κ3) is 3.54. The molecular formula is C18H27NO. The van der Waals surface area contributed by atoms with Gasteiger partial charge in [-0.05, 0) is 61.8 Å². The third-order valence-electron chi connectivity index (χ3n) is 5.32. The van der Waals surface area contributed by atoms with Crippen LogP contribution in [0.15, 0.2) is 24.3 Å². The quantitative estimate of drug-likeness (QED) is 0.872. The maximum absolute atomic E-state index is 9.28. The number of phenolic OH excluding ortho intramolecular Hbond substituents is 1. The van der Waals surface area contributed by atoms with Crippen molar-refractivity contribution < 1.29 is 5.11 Å². The minimum Gasteiger partial charge on any atom is -0.508 e. The van der Waals surface area contributed by atoms with E-state index >= 15 is 0 Å². The molecule has 3 atom stereocenters. The predicted molar refractivity (Wildman–Crippen MR) is 82.9 cm³/mol. The molecule has 2 fully saturated rings. The van der Waals surface area contributed by atoms with E-state index in [4.69, 9.17) is 0 Å². The van der Waals surface area contributed by atoms with Gasteiger partial charge in [0.25, 0.3) is 0 Å². The molecule has 20 heavy (non-hydrogen) atoms. The second-order valence-corrected chi connectivity index (χ2v) is 6.69. The van der Waals surface area contributed by atoms with Crippen LogP contribution < -0.4 is 5.32 Å². The second-order valence-electron chi connectivity index (χ2n) is 6.69. The van der Waals surface area contributed by atoms with Crippen LogP contribution >= 0.6 is 0 Å². The predicted octanol–water partition coefficient (Wildman–Crippen LogP) is 3.88. The number of fused-ring (bicyclic) bond motifs is 1. The summed E-state index contributed by atoms with van der Waals surface area (Å²) in [5.74, 6) is 2.40. The molecule has 3 rings (SSSR count). The highest BCUT2D eigenvalue weighted by Gasteiger charge is 2.31. The van der Waals surface area contributed by atoms with Crippen LogP contribution in [0.1, 0.15) is 50.5 Å². The van der Waals surface area contributed by atoms with Gasteiger partial charge in [0.15, 0.2) is 0 Å². The Morgan fingerprint density at radius 3 is 2.50 bits per heavy atom. The lowest BCUT2D eigenvalue weighted by Gasteiger charge is -2.39. The zero-order valence-electron chi connectivity index (χ0n) is 12.4. The summed E-state index contributed by atoms with van der Waals surface area (Å²) in [4.78, 5) is 0. The molecule has 2 saturated carbocycles. The van der Waals surface area contributed by atoms with Crippen molar-refractivity contribution in [2.24, 2.45) is 11.8 Å². The summed E-state index contributed by atoms with van der Waals surface area (Å²) in [5, 5.41) is 13.0. The van der Waals surface area contributed by atoms with Gasteiger partial charge in [0.05, 0.1) is 0 Å². The zero-order chi connectivity index (χ0) is 13.8. The van der Waals surface area contributed by atoms with Gasteiger partial charge in [-0.15, -0.1) is 0 Å². The third-order valence-corrected chi connectivity index (χ3v) is 5.32. The first kappa shape index (κ1) is 13.9. The van der Waals surface area contributed by atoms with Crippen LogP contribution in [0, 0.1) is 11.8 Å². The van der Waals surface area contributed by atoms with Gasteiger partial charge in [0, 0.05) is 6.04 Å². The average Bonchev–Trinajstić information content (AvgIpc) is 2.49. The van der Waals surface area contributed by atoms with Gasteiger partial charge >= 0.3 is 0 Å². The van der Waals surface area contributed by atoms with E-state index in [0.717, 1.165) is 30.8 Å². The first-order chi connectivity index (χ1) is 9.81. The fourth-order valence-electron chi connectivity index (χ4n) is 4.14. The van der Waals surface area contributed by atoms with Gasteiger partial charge in [-0.25, -0.2) is 0 Å². The van der Waals surface area contributed by atoms with Crippen molar-refractivity contribution in [2.75, 3.05) is 6.54 Å². The molecule has 2 aliphatic carbocycles. The van der Waals surface area contributed by atoms with E-state index in [-0.39, 0.29) is 0 Å². The molecular weight excluding hydrogens is 246 g/mol. The Bertz CT molecular complexity index is 414. The van der Waals surface area contributed by atoms with Crippen molar-refractivity contribution in [3.8, 4) is 5.75 Å². The minimum absolute atomic E-state index is 0.359. The summed E-state index contributed by atoms with van der Waals surface area (Å²) in [5.41, 5.74) is 1.31. The molecule has 0 bridgehead atoms. The Kier molecular flexibility index (Phi) is 4.62. The lowest BCUT2D eigenvalue weighted by molar-refractivity contribution is 0.144. The van der Waals surface area contributed by atoms with E-state index in [0.29, 0.717) is 5.75 Å². The maximum Gasteiger partial charge on any atom is 0.115 e. The molecule has 0 spiro atoms. The Balaban J connectivity index is 1.41. The van der Waals surface area contributed by atoms with E-state index in [9.17, 15) is 5.11 Å². The Hall–Kier alpha value is -1.02. The molecule has 2 N–H and O–H groups in total. The lowest BCUT2D eigenvalue weighted by Crippen LogP contribution is -2.39. The summed E-state index contributed by atoms with van der Waals surface area (Å²) < 4.78 is 0. The second kappa shape index (κ2) is 6.62. The Morgan fingerprint density at radius 1 is 0.950 bits per heavy atom. The molecule has 0 radical (unpaired) electrons. The van der Waals surface area contributed by atoms with Crippen molar-refractivity contribution in [3.05, 3.63) is 29.8 Å². The molecule has 2 aliphatic rings. The van der Waals surface area contributed by atoms with Crippen LogP contribution in [0.25, 0.3) is 0 Å². The first-order valence-corrected chi connectivity index (χ1v) is 8.32. The van der Waals surface area contributed by atoms with Crippen LogP contribution in [-0.2, 0) is 6.42 Å². The van der Waals surface area contributed by atoms with Gasteiger partial charge in [0.1, 0.15) is 5.75 Å². The first-order valence-electron chi connectivity index (χ1n) is 8.32. The number of hydrogen-bond acceptors (Lipinski definition) is 2. The van der Waals surface area contributed by atoms with E-state index < -0.39 is 0 Å². The topological polar surface area (TPSA) is 32.3 Å². The summed E-state index contributed by atoms with van der Waals surface area (Å²) in [7, 11) is 0. The van der Waals surface area contributed by atoms with Crippen LogP contribution in [0.3, 0.4) is 0 Å². The van der Waals surface area contributed by atoms with Crippen LogP contribution in [0.4, 0.5) is 0 Å². The number of aromatic hydroxyl groups is 1. The van der Waals surface area contributed by atoms with E-state index in [1.54, 1.807) is 12.1 Å². The molecule has 2 heteroatoms. The minimum atomic E-state index is 0.359. The van der Waals surface area contributed by atoms with Crippen molar-refractivity contribution in [1.82, 2.24) is 5.32 Å². The van der Waals surface area contributed by atoms with Gasteiger partial charge in [-0.1, -0.05) is 37.8 Å². The van der Waals surface area contributed by atoms with Crippen LogP contribution in [-0.4, -0.2) is 17.7 Å². The van der Waals surface area contributed by atoms with Crippen LogP contribution in [0.5, 0.6) is 5.75 Å². The standard InChI is InChI=1S/C18H27NO/c20-18-9-5-14(6-10-18)11-12-19-17-8-7-15-3-1-2-4-16(15)13-17/h5-6,9-10,15-17,19-20H,1-4,7-8,11-13H2. The average molecular weight is 273 g/mol. The van der Waals surface area contributed by atoms with E-state index in [1.165, 1.54) is 50.5 Å². The van der Waals surface area contributed by atoms with Gasteiger partial charge < -0.3 is 10.4 Å². The molecule has 0 aliphatic heterocycles. The Morgan fingerprint density at radius 2 is 1.70 bits per heavy atom. The summed E-state index contributed by atoms with van der Waals surface area (Å²) >= 11 is 0. The maximum atomic E-state index is 9.28. The van der Waals surface area contributed by atoms with E-state index in [1.807, 2.05) is 12.1 Å². The highest BCUT2D eigenvalue weighted by molar-refractivity contribution is 5.25. The molecule has 1 aromatic rings. The van der Waals surface area contributed by atoms with Gasteiger partial charge in [-0.3, -0.25) is 0 Å². The fraction of sp³-hybridized carbons (Fsp3) is 0.667. The molecule has 0 saturated heterocycles. The molecule has 3 unspecified atom stereocenters. The monoisotopic (exact) mass is 273 g/mol. The number of nitrogens with one attached hydrogen (secondary N) is 1. The normalized spacial score (nSPS) is 29.9. The molecule has 2 nitrogen and oxygen atoms in total. The summed E-state index contributed by atoms with van der Waals surface area (Å²) in [6.07, 6.45) is 11.2. The van der Waals surface area contributed by atoms with Crippen molar-refractivity contribution in [2.45, 2.75) is 57.4 Å². The largest absolute Gasteiger partial charge is 0.508 e. The molecule has 0 aromatic heterocycles. The lowest BCUT2D eigenvalue weighted by atomic mass is 9.69.